The number of carbonyl (C=O) groups is 2. The van der Waals surface area contributed by atoms with Gasteiger partial charge in [0.05, 0.1) is 0 Å². The Morgan fingerprint density at radius 1 is 0.880 bits per heavy atom. The fourth-order valence-electron chi connectivity index (χ4n) is 2.64. The van der Waals surface area contributed by atoms with Crippen LogP contribution in [0.2, 0.25) is 0 Å². The molecule has 0 atom stereocenters. The van der Waals surface area contributed by atoms with Crippen LogP contribution in [0.3, 0.4) is 0 Å². The summed E-state index contributed by atoms with van der Waals surface area (Å²) in [6, 6.07) is 17.6. The molecular weight excluding hydrogens is 312 g/mol. The Labute approximate surface area is 149 Å². The third kappa shape index (κ3) is 5.75. The van der Waals surface area contributed by atoms with Crippen LogP contribution in [0.5, 0.6) is 0 Å². The molecule has 2 aromatic carbocycles. The minimum atomic E-state index is -0.628. The van der Waals surface area contributed by atoms with Crippen molar-refractivity contribution in [3.05, 3.63) is 65.7 Å². The van der Waals surface area contributed by atoms with Crippen LogP contribution in [-0.2, 0) is 21.4 Å². The number of aryl methyl sites for hydroxylation is 1. The number of anilines is 1. The molecule has 2 amide bonds. The Bertz CT molecular complexity index is 718. The maximum Gasteiger partial charge on any atom is 0.313 e. The minimum absolute atomic E-state index is 0.115. The van der Waals surface area contributed by atoms with Gasteiger partial charge in [0.2, 0.25) is 0 Å². The molecule has 0 saturated heterocycles. The predicted octanol–water partition coefficient (Wildman–Crippen LogP) is 3.67. The zero-order chi connectivity index (χ0) is 18.3. The maximum atomic E-state index is 12.1. The van der Waals surface area contributed by atoms with Crippen LogP contribution in [-0.4, -0.2) is 18.4 Å². The Morgan fingerprint density at radius 3 is 2.20 bits per heavy atom. The van der Waals surface area contributed by atoms with Crippen LogP contribution >= 0.6 is 0 Å². The molecule has 0 fully saturated rings. The largest absolute Gasteiger partial charge is 0.348 e. The molecule has 2 N–H and O–H groups in total. The summed E-state index contributed by atoms with van der Waals surface area (Å²) in [6.45, 7) is 6.69. The zero-order valence-corrected chi connectivity index (χ0v) is 15.1. The molecule has 0 unspecified atom stereocenters. The highest BCUT2D eigenvalue weighted by atomic mass is 16.2. The van der Waals surface area contributed by atoms with Gasteiger partial charge in [-0.25, -0.2) is 0 Å². The molecule has 0 saturated carbocycles. The molecule has 0 heterocycles. The predicted molar refractivity (Wildman–Crippen MR) is 102 cm³/mol. The van der Waals surface area contributed by atoms with Gasteiger partial charge in [0, 0.05) is 12.2 Å². The van der Waals surface area contributed by atoms with Crippen LogP contribution in [0.4, 0.5) is 5.69 Å². The third-order valence-electron chi connectivity index (χ3n) is 3.96. The van der Waals surface area contributed by atoms with E-state index in [1.54, 1.807) is 0 Å². The highest BCUT2D eigenvalue weighted by Crippen LogP contribution is 2.29. The molecule has 132 valence electrons. The molecule has 0 aromatic heterocycles. The molecule has 2 rings (SSSR count). The zero-order valence-electron chi connectivity index (χ0n) is 15.1. The van der Waals surface area contributed by atoms with Gasteiger partial charge in [-0.05, 0) is 35.4 Å². The summed E-state index contributed by atoms with van der Waals surface area (Å²) < 4.78 is 0. The van der Waals surface area contributed by atoms with Gasteiger partial charge in [-0.1, -0.05) is 69.3 Å². The number of nitrogens with one attached hydrogen (secondary N) is 2. The van der Waals surface area contributed by atoms with Crippen molar-refractivity contribution in [2.24, 2.45) is 0 Å². The van der Waals surface area contributed by atoms with Gasteiger partial charge >= 0.3 is 11.8 Å². The van der Waals surface area contributed by atoms with E-state index in [4.69, 9.17) is 0 Å². The summed E-state index contributed by atoms with van der Waals surface area (Å²) >= 11 is 0. The summed E-state index contributed by atoms with van der Waals surface area (Å²) in [5, 5.41) is 5.40. The van der Waals surface area contributed by atoms with Crippen molar-refractivity contribution in [2.45, 2.75) is 39.0 Å². The summed E-state index contributed by atoms with van der Waals surface area (Å²) in [5.74, 6) is -1.23. The SMILES string of the molecule is CC(C)(C)c1ccccc1NC(=O)C(=O)NCCCc1ccccc1. The minimum Gasteiger partial charge on any atom is -0.348 e. The number of para-hydroxylation sites is 1. The molecule has 0 bridgehead atoms. The van der Waals surface area contributed by atoms with E-state index < -0.39 is 11.8 Å². The lowest BCUT2D eigenvalue weighted by molar-refractivity contribution is -0.136. The van der Waals surface area contributed by atoms with Crippen molar-refractivity contribution in [2.75, 3.05) is 11.9 Å². The van der Waals surface area contributed by atoms with Crippen molar-refractivity contribution < 1.29 is 9.59 Å². The molecule has 0 spiro atoms. The smallest absolute Gasteiger partial charge is 0.313 e. The van der Waals surface area contributed by atoms with Gasteiger partial charge in [0.25, 0.3) is 0 Å². The van der Waals surface area contributed by atoms with Crippen molar-refractivity contribution >= 4 is 17.5 Å². The molecule has 0 aliphatic heterocycles. The second-order valence-electron chi connectivity index (χ2n) is 7.09. The lowest BCUT2D eigenvalue weighted by Gasteiger charge is -2.22. The number of hydrogen-bond donors (Lipinski definition) is 2. The monoisotopic (exact) mass is 338 g/mol. The van der Waals surface area contributed by atoms with Crippen LogP contribution in [0.1, 0.15) is 38.3 Å². The van der Waals surface area contributed by atoms with Crippen LogP contribution in [0.15, 0.2) is 54.6 Å². The van der Waals surface area contributed by atoms with Crippen LogP contribution in [0, 0.1) is 0 Å². The first-order chi connectivity index (χ1) is 11.9. The summed E-state index contributed by atoms with van der Waals surface area (Å²) in [5.41, 5.74) is 2.79. The number of amides is 2. The molecule has 0 radical (unpaired) electrons. The second-order valence-corrected chi connectivity index (χ2v) is 7.09. The van der Waals surface area contributed by atoms with Gasteiger partial charge in [0.15, 0.2) is 0 Å². The summed E-state index contributed by atoms with van der Waals surface area (Å²) in [7, 11) is 0. The molecule has 25 heavy (non-hydrogen) atoms. The fraction of sp³-hybridized carbons (Fsp3) is 0.333. The highest BCUT2D eigenvalue weighted by Gasteiger charge is 2.20. The lowest BCUT2D eigenvalue weighted by atomic mass is 9.86. The quantitative estimate of drug-likeness (QED) is 0.645. The van der Waals surface area contributed by atoms with E-state index in [1.165, 1.54) is 5.56 Å². The molecule has 4 heteroatoms. The van der Waals surface area contributed by atoms with Crippen molar-refractivity contribution in [1.29, 1.82) is 0 Å². The van der Waals surface area contributed by atoms with E-state index in [-0.39, 0.29) is 5.41 Å². The molecule has 0 aliphatic carbocycles. The van der Waals surface area contributed by atoms with Crippen molar-refractivity contribution in [1.82, 2.24) is 5.32 Å². The van der Waals surface area contributed by atoms with Gasteiger partial charge in [0.1, 0.15) is 0 Å². The first kappa shape index (κ1) is 18.7. The van der Waals surface area contributed by atoms with Crippen molar-refractivity contribution in [3.8, 4) is 0 Å². The second kappa shape index (κ2) is 8.47. The van der Waals surface area contributed by atoms with Gasteiger partial charge in [-0.15, -0.1) is 0 Å². The van der Waals surface area contributed by atoms with E-state index >= 15 is 0 Å². The Hall–Kier alpha value is -2.62. The molecule has 4 nitrogen and oxygen atoms in total. The van der Waals surface area contributed by atoms with Gasteiger partial charge < -0.3 is 10.6 Å². The Balaban J connectivity index is 1.84. The molecule has 0 aliphatic rings. The number of carbonyl (C=O) groups excluding carboxylic acids is 2. The first-order valence-corrected chi connectivity index (χ1v) is 8.60. The van der Waals surface area contributed by atoms with E-state index in [9.17, 15) is 9.59 Å². The van der Waals surface area contributed by atoms with E-state index in [0.29, 0.717) is 12.2 Å². The topological polar surface area (TPSA) is 58.2 Å². The number of rotatable bonds is 5. The summed E-state index contributed by atoms with van der Waals surface area (Å²) in [4.78, 5) is 24.1. The lowest BCUT2D eigenvalue weighted by Crippen LogP contribution is -2.36. The standard InChI is InChI=1S/C21H26N2O2/c1-21(2,3)17-13-7-8-14-18(17)23-20(25)19(24)22-15-9-12-16-10-5-4-6-11-16/h4-8,10-11,13-14H,9,12,15H2,1-3H3,(H,22,24)(H,23,25). The van der Waals surface area contributed by atoms with E-state index in [2.05, 4.69) is 43.5 Å². The summed E-state index contributed by atoms with van der Waals surface area (Å²) in [6.07, 6.45) is 1.66. The van der Waals surface area contributed by atoms with Crippen molar-refractivity contribution in [3.63, 3.8) is 0 Å². The average Bonchev–Trinajstić information content (AvgIpc) is 2.59. The Kier molecular flexibility index (Phi) is 6.34. The number of benzene rings is 2. The van der Waals surface area contributed by atoms with Crippen LogP contribution in [0.25, 0.3) is 0 Å². The first-order valence-electron chi connectivity index (χ1n) is 8.60. The number of hydrogen-bond acceptors (Lipinski definition) is 2. The van der Waals surface area contributed by atoms with E-state index in [0.717, 1.165) is 18.4 Å². The van der Waals surface area contributed by atoms with E-state index in [1.807, 2.05) is 42.5 Å². The van der Waals surface area contributed by atoms with Crippen LogP contribution < -0.4 is 10.6 Å². The molecule has 2 aromatic rings. The normalized spacial score (nSPS) is 11.0. The maximum absolute atomic E-state index is 12.1. The third-order valence-corrected chi connectivity index (χ3v) is 3.96. The van der Waals surface area contributed by atoms with Gasteiger partial charge in [-0.3, -0.25) is 9.59 Å². The Morgan fingerprint density at radius 2 is 1.52 bits per heavy atom. The fourth-order valence-corrected chi connectivity index (χ4v) is 2.64. The van der Waals surface area contributed by atoms with Gasteiger partial charge in [-0.2, -0.15) is 0 Å². The highest BCUT2D eigenvalue weighted by molar-refractivity contribution is 6.39. The molecular formula is C21H26N2O2. The average molecular weight is 338 g/mol.